The zero-order valence-electron chi connectivity index (χ0n) is 14.8. The van der Waals surface area contributed by atoms with Crippen molar-refractivity contribution >= 4 is 11.7 Å². The van der Waals surface area contributed by atoms with Crippen molar-refractivity contribution in [3.05, 3.63) is 59.7 Å². The molecule has 2 N–H and O–H groups in total. The maximum Gasteiger partial charge on any atom is 0.319 e. The Bertz CT molecular complexity index is 690. The van der Waals surface area contributed by atoms with Gasteiger partial charge in [-0.25, -0.2) is 4.79 Å². The summed E-state index contributed by atoms with van der Waals surface area (Å²) < 4.78 is 5.62. The van der Waals surface area contributed by atoms with Crippen LogP contribution in [-0.2, 0) is 5.41 Å². The molecule has 2 rings (SSSR count). The van der Waals surface area contributed by atoms with Gasteiger partial charge in [0.15, 0.2) is 0 Å². The summed E-state index contributed by atoms with van der Waals surface area (Å²) in [5.41, 5.74) is 3.06. The summed E-state index contributed by atoms with van der Waals surface area (Å²) in [7, 11) is 0. The minimum atomic E-state index is -0.223. The van der Waals surface area contributed by atoms with E-state index in [2.05, 4.69) is 31.4 Å². The Morgan fingerprint density at radius 2 is 1.83 bits per heavy atom. The third-order valence-electron chi connectivity index (χ3n) is 3.63. The lowest BCUT2D eigenvalue weighted by Gasteiger charge is -2.23. The van der Waals surface area contributed by atoms with Gasteiger partial charge in [0.05, 0.1) is 6.54 Å². The van der Waals surface area contributed by atoms with Crippen LogP contribution in [0.15, 0.2) is 48.5 Å². The van der Waals surface area contributed by atoms with E-state index in [9.17, 15) is 4.79 Å². The first-order valence-electron chi connectivity index (χ1n) is 8.20. The van der Waals surface area contributed by atoms with E-state index < -0.39 is 0 Å². The zero-order valence-corrected chi connectivity index (χ0v) is 14.8. The number of carbonyl (C=O) groups is 1. The first-order chi connectivity index (χ1) is 11.4. The number of nitrogens with one attached hydrogen (secondary N) is 2. The molecule has 0 saturated carbocycles. The van der Waals surface area contributed by atoms with Crippen molar-refractivity contribution in [1.82, 2.24) is 5.32 Å². The fraction of sp³-hybridized carbons (Fsp3) is 0.350. The Morgan fingerprint density at radius 1 is 1.08 bits per heavy atom. The minimum Gasteiger partial charge on any atom is -0.492 e. The van der Waals surface area contributed by atoms with Crippen LogP contribution < -0.4 is 15.4 Å². The number of urea groups is 1. The maximum atomic E-state index is 12.1. The van der Waals surface area contributed by atoms with Gasteiger partial charge in [-0.05, 0) is 41.7 Å². The van der Waals surface area contributed by atoms with Gasteiger partial charge in [0, 0.05) is 5.69 Å². The number of carbonyl (C=O) groups excluding carboxylic acids is 1. The van der Waals surface area contributed by atoms with Crippen molar-refractivity contribution in [2.24, 2.45) is 0 Å². The monoisotopic (exact) mass is 326 g/mol. The molecule has 2 aromatic rings. The summed E-state index contributed by atoms with van der Waals surface area (Å²) in [6.45, 7) is 9.27. The standard InChI is InChI=1S/C20H26N2O2/c1-15-8-7-9-16(14-15)24-13-12-21-19(23)22-18-11-6-5-10-17(18)20(2,3)4/h5-11,14H,12-13H2,1-4H3,(H2,21,22,23). The molecule has 0 aliphatic rings. The van der Waals surface area contributed by atoms with Crippen LogP contribution >= 0.6 is 0 Å². The van der Waals surface area contributed by atoms with Crippen molar-refractivity contribution in [3.63, 3.8) is 0 Å². The molecule has 4 nitrogen and oxygen atoms in total. The summed E-state index contributed by atoms with van der Waals surface area (Å²) >= 11 is 0. The van der Waals surface area contributed by atoms with Gasteiger partial charge in [0.25, 0.3) is 0 Å². The Kier molecular flexibility index (Phi) is 5.85. The highest BCUT2D eigenvalue weighted by Crippen LogP contribution is 2.29. The molecule has 0 aromatic heterocycles. The molecule has 2 amide bonds. The smallest absolute Gasteiger partial charge is 0.319 e. The molecule has 0 heterocycles. The molecule has 0 atom stereocenters. The molecule has 2 aromatic carbocycles. The lowest BCUT2D eigenvalue weighted by molar-refractivity contribution is 0.247. The van der Waals surface area contributed by atoms with E-state index in [-0.39, 0.29) is 11.4 Å². The normalized spacial score (nSPS) is 11.0. The molecule has 128 valence electrons. The molecule has 0 aliphatic heterocycles. The second-order valence-electron chi connectivity index (χ2n) is 6.84. The molecule has 0 bridgehead atoms. The molecule has 0 unspecified atom stereocenters. The number of amides is 2. The highest BCUT2D eigenvalue weighted by molar-refractivity contribution is 5.90. The van der Waals surface area contributed by atoms with Crippen molar-refractivity contribution in [2.45, 2.75) is 33.1 Å². The summed E-state index contributed by atoms with van der Waals surface area (Å²) in [5.74, 6) is 0.815. The van der Waals surface area contributed by atoms with E-state index in [0.29, 0.717) is 13.2 Å². The second-order valence-corrected chi connectivity index (χ2v) is 6.84. The molecule has 0 saturated heterocycles. The van der Waals surface area contributed by atoms with Crippen LogP contribution in [0.3, 0.4) is 0 Å². The summed E-state index contributed by atoms with van der Waals surface area (Å²) in [5, 5.41) is 5.74. The molecule has 0 radical (unpaired) electrons. The SMILES string of the molecule is Cc1cccc(OCCNC(=O)Nc2ccccc2C(C)(C)C)c1. The van der Waals surface area contributed by atoms with E-state index in [4.69, 9.17) is 4.74 Å². The third-order valence-corrected chi connectivity index (χ3v) is 3.63. The van der Waals surface area contributed by atoms with Crippen molar-refractivity contribution in [1.29, 1.82) is 0 Å². The van der Waals surface area contributed by atoms with E-state index in [0.717, 1.165) is 22.6 Å². The van der Waals surface area contributed by atoms with Crippen LogP contribution in [0, 0.1) is 6.92 Å². The fourth-order valence-corrected chi connectivity index (χ4v) is 2.45. The van der Waals surface area contributed by atoms with Gasteiger partial charge in [-0.1, -0.05) is 51.1 Å². The summed E-state index contributed by atoms with van der Waals surface area (Å²) in [6.07, 6.45) is 0. The fourth-order valence-electron chi connectivity index (χ4n) is 2.45. The molecule has 0 fully saturated rings. The molecular formula is C20H26N2O2. The van der Waals surface area contributed by atoms with Crippen LogP contribution in [0.5, 0.6) is 5.75 Å². The van der Waals surface area contributed by atoms with Crippen LogP contribution in [0.1, 0.15) is 31.9 Å². The van der Waals surface area contributed by atoms with Crippen LogP contribution in [0.25, 0.3) is 0 Å². The second kappa shape index (κ2) is 7.86. The number of anilines is 1. The topological polar surface area (TPSA) is 50.4 Å². The molecule has 4 heteroatoms. The highest BCUT2D eigenvalue weighted by atomic mass is 16.5. The first-order valence-corrected chi connectivity index (χ1v) is 8.20. The highest BCUT2D eigenvalue weighted by Gasteiger charge is 2.18. The van der Waals surface area contributed by atoms with Crippen LogP contribution in [0.4, 0.5) is 10.5 Å². The van der Waals surface area contributed by atoms with E-state index in [1.54, 1.807) is 0 Å². The van der Waals surface area contributed by atoms with Gasteiger partial charge in [-0.15, -0.1) is 0 Å². The largest absolute Gasteiger partial charge is 0.492 e. The number of benzene rings is 2. The number of hydrogen-bond donors (Lipinski definition) is 2. The molecule has 0 spiro atoms. The lowest BCUT2D eigenvalue weighted by Crippen LogP contribution is -2.33. The number of ether oxygens (including phenoxy) is 1. The van der Waals surface area contributed by atoms with Crippen LogP contribution in [0.2, 0.25) is 0 Å². The average molecular weight is 326 g/mol. The average Bonchev–Trinajstić information content (AvgIpc) is 2.51. The predicted octanol–water partition coefficient (Wildman–Crippen LogP) is 4.49. The minimum absolute atomic E-state index is 0.0296. The van der Waals surface area contributed by atoms with Gasteiger partial charge >= 0.3 is 6.03 Å². The van der Waals surface area contributed by atoms with Gasteiger partial charge < -0.3 is 15.4 Å². The summed E-state index contributed by atoms with van der Waals surface area (Å²) in [4.78, 5) is 12.1. The Morgan fingerprint density at radius 3 is 2.54 bits per heavy atom. The lowest BCUT2D eigenvalue weighted by atomic mass is 9.86. The van der Waals surface area contributed by atoms with Crippen LogP contribution in [-0.4, -0.2) is 19.2 Å². The Hall–Kier alpha value is -2.49. The van der Waals surface area contributed by atoms with Gasteiger partial charge in [-0.2, -0.15) is 0 Å². The maximum absolute atomic E-state index is 12.1. The molecule has 24 heavy (non-hydrogen) atoms. The number of hydrogen-bond acceptors (Lipinski definition) is 2. The van der Waals surface area contributed by atoms with Crippen molar-refractivity contribution in [3.8, 4) is 5.75 Å². The quantitative estimate of drug-likeness (QED) is 0.795. The van der Waals surface area contributed by atoms with Gasteiger partial charge in [0.2, 0.25) is 0 Å². The third kappa shape index (κ3) is 5.30. The number of para-hydroxylation sites is 1. The summed E-state index contributed by atoms with van der Waals surface area (Å²) in [6, 6.07) is 15.5. The first kappa shape index (κ1) is 17.9. The molecule has 0 aliphatic carbocycles. The number of rotatable bonds is 5. The van der Waals surface area contributed by atoms with E-state index >= 15 is 0 Å². The van der Waals surface area contributed by atoms with E-state index in [1.807, 2.05) is 55.5 Å². The Labute approximate surface area is 144 Å². The number of aryl methyl sites for hydroxylation is 1. The van der Waals surface area contributed by atoms with Crippen molar-refractivity contribution in [2.75, 3.05) is 18.5 Å². The zero-order chi connectivity index (χ0) is 17.6. The van der Waals surface area contributed by atoms with E-state index in [1.165, 1.54) is 0 Å². The Balaban J connectivity index is 1.82. The van der Waals surface area contributed by atoms with Crippen molar-refractivity contribution < 1.29 is 9.53 Å². The molecular weight excluding hydrogens is 300 g/mol. The van der Waals surface area contributed by atoms with Gasteiger partial charge in [0.1, 0.15) is 12.4 Å². The predicted molar refractivity (Wildman–Crippen MR) is 98.8 cm³/mol. The van der Waals surface area contributed by atoms with Gasteiger partial charge in [-0.3, -0.25) is 0 Å².